The van der Waals surface area contributed by atoms with Gasteiger partial charge < -0.3 is 15.8 Å². The third kappa shape index (κ3) is 2.08. The van der Waals surface area contributed by atoms with E-state index in [9.17, 15) is 4.79 Å². The molecule has 1 heterocycles. The molecule has 1 amide bonds. The Balaban J connectivity index is 1.45. The Kier molecular flexibility index (Phi) is 3.08. The van der Waals surface area contributed by atoms with Crippen molar-refractivity contribution in [1.29, 1.82) is 0 Å². The SMILES string of the molecule is NC1(C(=O)NC2C3CC4CC(C3)CC2C4)CCOCC1. The van der Waals surface area contributed by atoms with Crippen LogP contribution in [0.4, 0.5) is 0 Å². The molecular formula is C16H26N2O2. The van der Waals surface area contributed by atoms with Gasteiger partial charge in [0.05, 0.1) is 5.54 Å². The number of ether oxygens (including phenoxy) is 1. The number of hydrogen-bond acceptors (Lipinski definition) is 3. The van der Waals surface area contributed by atoms with E-state index in [1.54, 1.807) is 0 Å². The van der Waals surface area contributed by atoms with E-state index in [4.69, 9.17) is 10.5 Å². The maximum absolute atomic E-state index is 12.6. The molecule has 4 aliphatic carbocycles. The van der Waals surface area contributed by atoms with Gasteiger partial charge in [-0.25, -0.2) is 0 Å². The lowest BCUT2D eigenvalue weighted by Crippen LogP contribution is -2.63. The Bertz CT molecular complexity index is 375. The molecule has 0 atom stereocenters. The van der Waals surface area contributed by atoms with Crippen LogP contribution in [0.25, 0.3) is 0 Å². The van der Waals surface area contributed by atoms with Crippen molar-refractivity contribution in [3.05, 3.63) is 0 Å². The van der Waals surface area contributed by atoms with E-state index in [2.05, 4.69) is 5.32 Å². The highest BCUT2D eigenvalue weighted by molar-refractivity contribution is 5.86. The van der Waals surface area contributed by atoms with Crippen LogP contribution in [0.3, 0.4) is 0 Å². The van der Waals surface area contributed by atoms with Gasteiger partial charge >= 0.3 is 0 Å². The number of nitrogens with one attached hydrogen (secondary N) is 1. The van der Waals surface area contributed by atoms with Gasteiger partial charge in [-0.1, -0.05) is 0 Å². The monoisotopic (exact) mass is 278 g/mol. The molecule has 0 aromatic rings. The van der Waals surface area contributed by atoms with E-state index in [1.165, 1.54) is 32.1 Å². The minimum Gasteiger partial charge on any atom is -0.381 e. The zero-order chi connectivity index (χ0) is 13.7. The topological polar surface area (TPSA) is 64.4 Å². The highest BCUT2D eigenvalue weighted by Crippen LogP contribution is 2.53. The predicted molar refractivity (Wildman–Crippen MR) is 75.9 cm³/mol. The van der Waals surface area contributed by atoms with E-state index in [1.807, 2.05) is 0 Å². The second-order valence-electron chi connectivity index (χ2n) is 7.70. The number of rotatable bonds is 2. The quantitative estimate of drug-likeness (QED) is 0.803. The lowest BCUT2D eigenvalue weighted by Gasteiger charge is -2.54. The molecule has 3 N–H and O–H groups in total. The summed E-state index contributed by atoms with van der Waals surface area (Å²) in [6.07, 6.45) is 8.10. The van der Waals surface area contributed by atoms with Crippen LogP contribution in [0.5, 0.6) is 0 Å². The number of carbonyl (C=O) groups excluding carboxylic acids is 1. The summed E-state index contributed by atoms with van der Waals surface area (Å²) >= 11 is 0. The molecule has 4 saturated carbocycles. The third-order valence-corrected chi connectivity index (χ3v) is 6.36. The summed E-state index contributed by atoms with van der Waals surface area (Å²) < 4.78 is 5.34. The lowest BCUT2D eigenvalue weighted by atomic mass is 9.54. The van der Waals surface area contributed by atoms with Crippen LogP contribution in [-0.4, -0.2) is 30.7 Å². The van der Waals surface area contributed by atoms with Crippen molar-refractivity contribution < 1.29 is 9.53 Å². The minimum atomic E-state index is -0.688. The second-order valence-corrected chi connectivity index (χ2v) is 7.70. The van der Waals surface area contributed by atoms with Gasteiger partial charge in [0, 0.05) is 19.3 Å². The Labute approximate surface area is 120 Å². The molecule has 4 heteroatoms. The fourth-order valence-electron chi connectivity index (χ4n) is 5.42. The molecule has 1 aliphatic heterocycles. The van der Waals surface area contributed by atoms with Crippen LogP contribution in [0.15, 0.2) is 0 Å². The van der Waals surface area contributed by atoms with Gasteiger partial charge in [0.25, 0.3) is 0 Å². The summed E-state index contributed by atoms with van der Waals surface area (Å²) in [6, 6.07) is 0.401. The molecule has 20 heavy (non-hydrogen) atoms. The molecule has 0 aromatic carbocycles. The molecule has 5 fully saturated rings. The molecule has 4 nitrogen and oxygen atoms in total. The Morgan fingerprint density at radius 2 is 1.55 bits per heavy atom. The summed E-state index contributed by atoms with van der Waals surface area (Å²) in [6.45, 7) is 1.23. The van der Waals surface area contributed by atoms with E-state index in [0.717, 1.165) is 23.7 Å². The fraction of sp³-hybridized carbons (Fsp3) is 0.938. The van der Waals surface area contributed by atoms with Gasteiger partial charge in [0.2, 0.25) is 5.91 Å². The van der Waals surface area contributed by atoms with Crippen LogP contribution in [0, 0.1) is 23.7 Å². The van der Waals surface area contributed by atoms with E-state index < -0.39 is 5.54 Å². The first-order valence-electron chi connectivity index (χ1n) is 8.32. The van der Waals surface area contributed by atoms with Crippen molar-refractivity contribution in [3.63, 3.8) is 0 Å². The average Bonchev–Trinajstić information content (AvgIpc) is 2.42. The predicted octanol–water partition coefficient (Wildman–Crippen LogP) is 1.44. The summed E-state index contributed by atoms with van der Waals surface area (Å²) in [7, 11) is 0. The van der Waals surface area contributed by atoms with Crippen LogP contribution in [0.1, 0.15) is 44.9 Å². The summed E-state index contributed by atoms with van der Waals surface area (Å²) in [5.74, 6) is 3.41. The molecule has 0 unspecified atom stereocenters. The number of nitrogens with two attached hydrogens (primary N) is 1. The van der Waals surface area contributed by atoms with Crippen molar-refractivity contribution in [2.24, 2.45) is 29.4 Å². The van der Waals surface area contributed by atoms with E-state index in [-0.39, 0.29) is 5.91 Å². The maximum atomic E-state index is 12.6. The number of carbonyl (C=O) groups is 1. The van der Waals surface area contributed by atoms with E-state index in [0.29, 0.717) is 32.1 Å². The molecule has 5 aliphatic rings. The third-order valence-electron chi connectivity index (χ3n) is 6.36. The first-order chi connectivity index (χ1) is 9.64. The highest BCUT2D eigenvalue weighted by Gasteiger charge is 2.49. The smallest absolute Gasteiger partial charge is 0.240 e. The second kappa shape index (κ2) is 4.70. The summed E-state index contributed by atoms with van der Waals surface area (Å²) in [5.41, 5.74) is 5.63. The average molecular weight is 278 g/mol. The summed E-state index contributed by atoms with van der Waals surface area (Å²) in [5, 5.41) is 3.35. The van der Waals surface area contributed by atoms with Crippen LogP contribution in [0.2, 0.25) is 0 Å². The Hall–Kier alpha value is -0.610. The maximum Gasteiger partial charge on any atom is 0.240 e. The van der Waals surface area contributed by atoms with Gasteiger partial charge in [-0.2, -0.15) is 0 Å². The van der Waals surface area contributed by atoms with Gasteiger partial charge in [-0.3, -0.25) is 4.79 Å². The zero-order valence-corrected chi connectivity index (χ0v) is 12.1. The van der Waals surface area contributed by atoms with Crippen molar-refractivity contribution in [1.82, 2.24) is 5.32 Å². The Morgan fingerprint density at radius 1 is 1.00 bits per heavy atom. The normalized spacial score (nSPS) is 45.4. The van der Waals surface area contributed by atoms with Gasteiger partial charge in [0.15, 0.2) is 0 Å². The highest BCUT2D eigenvalue weighted by atomic mass is 16.5. The van der Waals surface area contributed by atoms with Gasteiger partial charge in [-0.05, 0) is 68.6 Å². The molecule has 112 valence electrons. The Morgan fingerprint density at radius 3 is 2.10 bits per heavy atom. The molecule has 0 aromatic heterocycles. The molecule has 0 radical (unpaired) electrons. The molecule has 1 saturated heterocycles. The standard InChI is InChI=1S/C16H26N2O2/c17-16(1-3-20-4-2-16)15(19)18-14-12-6-10-5-11(8-12)9-13(14)7-10/h10-14H,1-9,17H2,(H,18,19). The molecule has 5 rings (SSSR count). The largest absolute Gasteiger partial charge is 0.381 e. The van der Waals surface area contributed by atoms with Crippen LogP contribution < -0.4 is 11.1 Å². The van der Waals surface area contributed by atoms with Crippen LogP contribution >= 0.6 is 0 Å². The minimum absolute atomic E-state index is 0.0817. The number of hydrogen-bond donors (Lipinski definition) is 2. The zero-order valence-electron chi connectivity index (χ0n) is 12.1. The molecule has 0 spiro atoms. The van der Waals surface area contributed by atoms with Crippen molar-refractivity contribution in [2.45, 2.75) is 56.5 Å². The lowest BCUT2D eigenvalue weighted by molar-refractivity contribution is -0.133. The van der Waals surface area contributed by atoms with Gasteiger partial charge in [0.1, 0.15) is 0 Å². The molecular weight excluding hydrogens is 252 g/mol. The first kappa shape index (κ1) is 13.1. The van der Waals surface area contributed by atoms with Crippen LogP contribution in [-0.2, 0) is 9.53 Å². The fourth-order valence-corrected chi connectivity index (χ4v) is 5.42. The van der Waals surface area contributed by atoms with E-state index >= 15 is 0 Å². The molecule has 4 bridgehead atoms. The van der Waals surface area contributed by atoms with Crippen molar-refractivity contribution >= 4 is 5.91 Å². The summed E-state index contributed by atoms with van der Waals surface area (Å²) in [4.78, 5) is 12.6. The van der Waals surface area contributed by atoms with Crippen molar-refractivity contribution in [2.75, 3.05) is 13.2 Å². The van der Waals surface area contributed by atoms with Gasteiger partial charge in [-0.15, -0.1) is 0 Å². The van der Waals surface area contributed by atoms with Crippen molar-refractivity contribution in [3.8, 4) is 0 Å². The number of amides is 1. The first-order valence-corrected chi connectivity index (χ1v) is 8.32.